The van der Waals surface area contributed by atoms with Gasteiger partial charge in [0.2, 0.25) is 5.91 Å². The van der Waals surface area contributed by atoms with E-state index in [1.54, 1.807) is 36.4 Å². The van der Waals surface area contributed by atoms with Crippen LogP contribution in [0.15, 0.2) is 48.5 Å². The Hall–Kier alpha value is -3.39. The minimum absolute atomic E-state index is 0.00659. The van der Waals surface area contributed by atoms with Crippen LogP contribution in [0.5, 0.6) is 0 Å². The average molecular weight is 409 g/mol. The van der Waals surface area contributed by atoms with Gasteiger partial charge in [-0.3, -0.25) is 19.3 Å². The summed E-state index contributed by atoms with van der Waals surface area (Å²) < 4.78 is 13.1. The molecule has 4 rings (SSSR count). The van der Waals surface area contributed by atoms with Gasteiger partial charge in [0.05, 0.1) is 16.8 Å². The second kappa shape index (κ2) is 7.56. The molecule has 1 N–H and O–H groups in total. The number of hydrogen-bond donors (Lipinski definition) is 1. The smallest absolute Gasteiger partial charge is 0.261 e. The molecule has 0 spiro atoms. The van der Waals surface area contributed by atoms with E-state index in [1.165, 1.54) is 23.5 Å². The van der Waals surface area contributed by atoms with Crippen LogP contribution in [0.2, 0.25) is 0 Å². The molecule has 3 amide bonds. The van der Waals surface area contributed by atoms with Crippen molar-refractivity contribution in [3.63, 3.8) is 0 Å². The number of imide groups is 1. The molecule has 0 saturated carbocycles. The molecular formula is C21H16FN3O3S. The number of nitrogens with one attached hydrogen (secondary N) is 1. The van der Waals surface area contributed by atoms with Crippen molar-refractivity contribution >= 4 is 34.2 Å². The van der Waals surface area contributed by atoms with Crippen LogP contribution >= 0.6 is 11.3 Å². The van der Waals surface area contributed by atoms with Crippen molar-refractivity contribution in [1.82, 2.24) is 9.88 Å². The third kappa shape index (κ3) is 3.66. The highest BCUT2D eigenvalue weighted by Crippen LogP contribution is 2.30. The van der Waals surface area contributed by atoms with Crippen molar-refractivity contribution in [2.24, 2.45) is 0 Å². The topological polar surface area (TPSA) is 79.4 Å². The van der Waals surface area contributed by atoms with Crippen LogP contribution in [0.3, 0.4) is 0 Å². The molecule has 3 aromatic rings. The van der Waals surface area contributed by atoms with Gasteiger partial charge in [-0.1, -0.05) is 12.1 Å². The fourth-order valence-electron chi connectivity index (χ4n) is 3.16. The number of thiazole rings is 1. The van der Waals surface area contributed by atoms with Crippen LogP contribution in [-0.4, -0.2) is 34.2 Å². The average Bonchev–Trinajstić information content (AvgIpc) is 3.19. The summed E-state index contributed by atoms with van der Waals surface area (Å²) in [4.78, 5) is 43.4. The molecule has 0 unspecified atom stereocenters. The van der Waals surface area contributed by atoms with Crippen LogP contribution in [0.1, 0.15) is 32.0 Å². The Morgan fingerprint density at radius 3 is 2.31 bits per heavy atom. The van der Waals surface area contributed by atoms with Crippen molar-refractivity contribution in [1.29, 1.82) is 0 Å². The first kappa shape index (κ1) is 18.9. The van der Waals surface area contributed by atoms with Gasteiger partial charge in [0, 0.05) is 23.4 Å². The van der Waals surface area contributed by atoms with E-state index in [-0.39, 0.29) is 36.5 Å². The molecule has 146 valence electrons. The molecule has 0 saturated heterocycles. The maximum Gasteiger partial charge on any atom is 0.261 e. The lowest BCUT2D eigenvalue weighted by atomic mass is 10.1. The molecular weight excluding hydrogens is 393 g/mol. The Morgan fingerprint density at radius 1 is 1.07 bits per heavy atom. The zero-order chi connectivity index (χ0) is 20.5. The van der Waals surface area contributed by atoms with Crippen LogP contribution in [0.25, 0.3) is 11.3 Å². The van der Waals surface area contributed by atoms with E-state index in [0.29, 0.717) is 22.0 Å². The SMILES string of the molecule is Cc1sc(NC(=O)CCN2C(=O)c3ccccc3C2=O)nc1-c1ccc(F)cc1. The monoisotopic (exact) mass is 409 g/mol. The minimum Gasteiger partial charge on any atom is -0.302 e. The molecule has 0 atom stereocenters. The number of aryl methyl sites for hydroxylation is 1. The zero-order valence-electron chi connectivity index (χ0n) is 15.4. The fraction of sp³-hybridized carbons (Fsp3) is 0.143. The number of fused-ring (bicyclic) bond motifs is 1. The molecule has 0 aliphatic carbocycles. The van der Waals surface area contributed by atoms with Gasteiger partial charge in [-0.25, -0.2) is 9.37 Å². The van der Waals surface area contributed by atoms with Crippen LogP contribution in [0.4, 0.5) is 9.52 Å². The highest BCUT2D eigenvalue weighted by molar-refractivity contribution is 7.16. The largest absolute Gasteiger partial charge is 0.302 e. The number of amides is 3. The van der Waals surface area contributed by atoms with Crippen LogP contribution < -0.4 is 5.32 Å². The normalized spacial score (nSPS) is 13.0. The maximum atomic E-state index is 13.1. The number of hydrogen-bond acceptors (Lipinski definition) is 5. The summed E-state index contributed by atoms with van der Waals surface area (Å²) in [5.74, 6) is -1.45. The van der Waals surface area contributed by atoms with E-state index < -0.39 is 0 Å². The first-order chi connectivity index (χ1) is 13.9. The lowest BCUT2D eigenvalue weighted by Gasteiger charge is -2.12. The number of aromatic nitrogens is 1. The van der Waals surface area contributed by atoms with Gasteiger partial charge in [-0.15, -0.1) is 11.3 Å². The molecule has 29 heavy (non-hydrogen) atoms. The Labute approximate surface area is 170 Å². The number of nitrogens with zero attached hydrogens (tertiary/aromatic N) is 2. The number of carbonyl (C=O) groups excluding carboxylic acids is 3. The summed E-state index contributed by atoms with van der Waals surface area (Å²) in [5.41, 5.74) is 2.15. The van der Waals surface area contributed by atoms with Gasteiger partial charge in [-0.05, 0) is 43.3 Å². The second-order valence-electron chi connectivity index (χ2n) is 6.54. The minimum atomic E-state index is -0.387. The first-order valence-electron chi connectivity index (χ1n) is 8.92. The predicted octanol–water partition coefficient (Wildman–Crippen LogP) is 3.88. The summed E-state index contributed by atoms with van der Waals surface area (Å²) in [5, 5.41) is 3.12. The van der Waals surface area contributed by atoms with Crippen LogP contribution in [-0.2, 0) is 4.79 Å². The number of rotatable bonds is 5. The number of halogens is 1. The first-order valence-corrected chi connectivity index (χ1v) is 9.74. The van der Waals surface area contributed by atoms with E-state index in [1.807, 2.05) is 6.92 Å². The quantitative estimate of drug-likeness (QED) is 0.649. The van der Waals surface area contributed by atoms with Crippen LogP contribution in [0, 0.1) is 12.7 Å². The molecule has 1 aromatic heterocycles. The zero-order valence-corrected chi connectivity index (χ0v) is 16.3. The van der Waals surface area contributed by atoms with Gasteiger partial charge in [0.15, 0.2) is 5.13 Å². The lowest BCUT2D eigenvalue weighted by molar-refractivity contribution is -0.116. The van der Waals surface area contributed by atoms with Crippen molar-refractivity contribution in [3.05, 3.63) is 70.4 Å². The van der Waals surface area contributed by atoms with E-state index in [4.69, 9.17) is 0 Å². The second-order valence-corrected chi connectivity index (χ2v) is 7.74. The maximum absolute atomic E-state index is 13.1. The standard InChI is InChI=1S/C21H16FN3O3S/c1-12-18(13-6-8-14(22)9-7-13)24-21(29-12)23-17(26)10-11-25-19(27)15-4-2-3-5-16(15)20(25)28/h2-9H,10-11H2,1H3,(H,23,24,26). The van der Waals surface area contributed by atoms with Gasteiger partial charge < -0.3 is 5.32 Å². The number of benzene rings is 2. The number of carbonyl (C=O) groups is 3. The van der Waals surface area contributed by atoms with E-state index in [2.05, 4.69) is 10.3 Å². The Bertz CT molecular complexity index is 1090. The Kier molecular flexibility index (Phi) is 4.94. The summed E-state index contributed by atoms with van der Waals surface area (Å²) in [6.07, 6.45) is -0.0318. The Morgan fingerprint density at radius 2 is 1.69 bits per heavy atom. The molecule has 0 radical (unpaired) electrons. The third-order valence-electron chi connectivity index (χ3n) is 4.60. The van der Waals surface area contributed by atoms with Crippen molar-refractivity contribution in [3.8, 4) is 11.3 Å². The molecule has 0 bridgehead atoms. The summed E-state index contributed by atoms with van der Waals surface area (Å²) in [6, 6.07) is 12.6. The highest BCUT2D eigenvalue weighted by atomic mass is 32.1. The summed E-state index contributed by atoms with van der Waals surface area (Å²) in [7, 11) is 0. The summed E-state index contributed by atoms with van der Waals surface area (Å²) in [6.45, 7) is 1.86. The van der Waals surface area contributed by atoms with Gasteiger partial charge in [-0.2, -0.15) is 0 Å². The lowest BCUT2D eigenvalue weighted by Crippen LogP contribution is -2.32. The van der Waals surface area contributed by atoms with Crippen molar-refractivity contribution in [2.45, 2.75) is 13.3 Å². The van der Waals surface area contributed by atoms with Crippen molar-refractivity contribution in [2.75, 3.05) is 11.9 Å². The number of anilines is 1. The van der Waals surface area contributed by atoms with Gasteiger partial charge >= 0.3 is 0 Å². The predicted molar refractivity (Wildman–Crippen MR) is 107 cm³/mol. The molecule has 8 heteroatoms. The van der Waals surface area contributed by atoms with E-state index >= 15 is 0 Å². The Balaban J connectivity index is 1.40. The van der Waals surface area contributed by atoms with E-state index in [9.17, 15) is 18.8 Å². The summed E-state index contributed by atoms with van der Waals surface area (Å²) >= 11 is 1.31. The molecule has 2 heterocycles. The van der Waals surface area contributed by atoms with E-state index in [0.717, 1.165) is 15.3 Å². The van der Waals surface area contributed by atoms with Gasteiger partial charge in [0.1, 0.15) is 5.82 Å². The van der Waals surface area contributed by atoms with Crippen molar-refractivity contribution < 1.29 is 18.8 Å². The molecule has 0 fully saturated rings. The van der Waals surface area contributed by atoms with Gasteiger partial charge in [0.25, 0.3) is 11.8 Å². The molecule has 6 nitrogen and oxygen atoms in total. The molecule has 1 aliphatic heterocycles. The highest BCUT2D eigenvalue weighted by Gasteiger charge is 2.35. The molecule has 1 aliphatic rings. The molecule has 2 aromatic carbocycles. The third-order valence-corrected chi connectivity index (χ3v) is 5.49. The fourth-order valence-corrected chi connectivity index (χ4v) is 4.01.